The molecule has 1 aromatic rings. The molecule has 0 spiro atoms. The number of carbonyl (C=O) groups excluding carboxylic acids is 1. The van der Waals surface area contributed by atoms with Crippen LogP contribution < -0.4 is 0 Å². The number of likely N-dealkylation sites (tertiary alicyclic amines) is 1. The second-order valence-electron chi connectivity index (χ2n) is 5.91. The van der Waals surface area contributed by atoms with Crippen molar-refractivity contribution in [3.05, 3.63) is 35.9 Å². The summed E-state index contributed by atoms with van der Waals surface area (Å²) in [6.07, 6.45) is 1.45. The van der Waals surface area contributed by atoms with Crippen molar-refractivity contribution >= 4 is 12.1 Å². The molecular weight excluding hydrogens is 270 g/mol. The minimum Gasteiger partial charge on any atom is -0.481 e. The summed E-state index contributed by atoms with van der Waals surface area (Å²) >= 11 is 0. The van der Waals surface area contributed by atoms with E-state index in [4.69, 9.17) is 4.74 Å². The largest absolute Gasteiger partial charge is 0.481 e. The molecule has 1 heterocycles. The summed E-state index contributed by atoms with van der Waals surface area (Å²) in [5.41, 5.74) is 0.953. The van der Waals surface area contributed by atoms with Crippen molar-refractivity contribution in [1.29, 1.82) is 0 Å². The van der Waals surface area contributed by atoms with Crippen molar-refractivity contribution in [3.8, 4) is 0 Å². The maximum Gasteiger partial charge on any atom is 0.410 e. The number of carbonyl (C=O) groups is 2. The molecule has 1 saturated carbocycles. The summed E-state index contributed by atoms with van der Waals surface area (Å²) in [6, 6.07) is 9.55. The first kappa shape index (κ1) is 13.9. The number of nitrogens with zero attached hydrogens (tertiary/aromatic N) is 1. The number of carboxylic acids is 1. The van der Waals surface area contributed by atoms with Crippen molar-refractivity contribution in [2.45, 2.75) is 19.4 Å². The fraction of sp³-hybridized carbons (Fsp3) is 0.500. The van der Waals surface area contributed by atoms with Crippen LogP contribution >= 0.6 is 0 Å². The van der Waals surface area contributed by atoms with E-state index in [-0.39, 0.29) is 30.5 Å². The van der Waals surface area contributed by atoms with Crippen LogP contribution in [0.4, 0.5) is 4.79 Å². The van der Waals surface area contributed by atoms with E-state index in [1.165, 1.54) is 0 Å². The van der Waals surface area contributed by atoms with Crippen molar-refractivity contribution in [2.75, 3.05) is 13.1 Å². The lowest BCUT2D eigenvalue weighted by molar-refractivity contribution is -0.146. The van der Waals surface area contributed by atoms with Gasteiger partial charge in [0.2, 0.25) is 0 Å². The van der Waals surface area contributed by atoms with Gasteiger partial charge in [-0.25, -0.2) is 4.79 Å². The highest BCUT2D eigenvalue weighted by Gasteiger charge is 2.47. The highest BCUT2D eigenvalue weighted by Crippen LogP contribution is 2.42. The molecule has 2 fully saturated rings. The van der Waals surface area contributed by atoms with Crippen LogP contribution in [0, 0.1) is 17.8 Å². The molecule has 0 aromatic heterocycles. The monoisotopic (exact) mass is 289 g/mol. The van der Waals surface area contributed by atoms with Gasteiger partial charge in [-0.05, 0) is 30.2 Å². The highest BCUT2D eigenvalue weighted by molar-refractivity contribution is 5.73. The molecule has 1 saturated heterocycles. The minimum absolute atomic E-state index is 0.0746. The molecule has 0 radical (unpaired) electrons. The molecule has 1 aliphatic heterocycles. The van der Waals surface area contributed by atoms with E-state index in [1.807, 2.05) is 30.3 Å². The number of rotatable bonds is 3. The Labute approximate surface area is 123 Å². The van der Waals surface area contributed by atoms with Gasteiger partial charge in [0.25, 0.3) is 0 Å². The molecule has 112 valence electrons. The van der Waals surface area contributed by atoms with Gasteiger partial charge < -0.3 is 14.7 Å². The molecule has 2 aliphatic rings. The summed E-state index contributed by atoms with van der Waals surface area (Å²) in [6.45, 7) is 1.26. The van der Waals surface area contributed by atoms with Crippen LogP contribution in [0.15, 0.2) is 30.3 Å². The van der Waals surface area contributed by atoms with Crippen LogP contribution in [0.3, 0.4) is 0 Å². The van der Waals surface area contributed by atoms with Gasteiger partial charge in [-0.3, -0.25) is 4.79 Å². The molecule has 1 amide bonds. The zero-order valence-electron chi connectivity index (χ0n) is 11.8. The number of aliphatic carboxylic acids is 1. The molecular formula is C16H19NO4. The number of carboxylic acid groups (broad SMARTS) is 1. The molecule has 2 bridgehead atoms. The predicted molar refractivity (Wildman–Crippen MR) is 75.5 cm³/mol. The van der Waals surface area contributed by atoms with Gasteiger partial charge in [-0.1, -0.05) is 30.3 Å². The van der Waals surface area contributed by atoms with Crippen LogP contribution in [0.25, 0.3) is 0 Å². The van der Waals surface area contributed by atoms with E-state index in [9.17, 15) is 14.7 Å². The third-order valence-corrected chi connectivity index (χ3v) is 4.58. The van der Waals surface area contributed by atoms with Gasteiger partial charge >= 0.3 is 12.1 Å². The van der Waals surface area contributed by atoms with Crippen LogP contribution in [-0.2, 0) is 16.1 Å². The molecule has 1 N–H and O–H groups in total. The first-order valence-corrected chi connectivity index (χ1v) is 7.33. The Balaban J connectivity index is 1.56. The topological polar surface area (TPSA) is 66.8 Å². The summed E-state index contributed by atoms with van der Waals surface area (Å²) in [4.78, 5) is 25.1. The van der Waals surface area contributed by atoms with Gasteiger partial charge in [0.1, 0.15) is 6.61 Å². The van der Waals surface area contributed by atoms with Gasteiger partial charge in [0, 0.05) is 13.1 Å². The third kappa shape index (κ3) is 2.86. The average molecular weight is 289 g/mol. The van der Waals surface area contributed by atoms with Crippen molar-refractivity contribution < 1.29 is 19.4 Å². The Bertz CT molecular complexity index is 516. The normalized spacial score (nSPS) is 27.4. The van der Waals surface area contributed by atoms with Gasteiger partial charge in [0.05, 0.1) is 5.92 Å². The number of piperidine rings is 1. The molecule has 21 heavy (non-hydrogen) atoms. The number of hydrogen-bond acceptors (Lipinski definition) is 3. The lowest BCUT2D eigenvalue weighted by atomic mass is 9.85. The minimum atomic E-state index is -0.722. The van der Waals surface area contributed by atoms with Crippen LogP contribution in [0.1, 0.15) is 18.4 Å². The van der Waals surface area contributed by atoms with Crippen molar-refractivity contribution in [3.63, 3.8) is 0 Å². The number of benzene rings is 1. The average Bonchev–Trinajstić information content (AvgIpc) is 2.77. The SMILES string of the molecule is O=C(O)C1[C@@H]2CC[C@H]1CN(C(=O)OCc1ccccc1)C2. The molecule has 1 aliphatic carbocycles. The van der Waals surface area contributed by atoms with E-state index in [2.05, 4.69) is 0 Å². The Morgan fingerprint density at radius 1 is 1.14 bits per heavy atom. The second kappa shape index (κ2) is 5.76. The lowest BCUT2D eigenvalue weighted by Gasteiger charge is -2.35. The van der Waals surface area contributed by atoms with Crippen molar-refractivity contribution in [1.82, 2.24) is 4.90 Å². The van der Waals surface area contributed by atoms with E-state index in [0.717, 1.165) is 18.4 Å². The molecule has 5 nitrogen and oxygen atoms in total. The quantitative estimate of drug-likeness (QED) is 0.927. The maximum atomic E-state index is 12.1. The van der Waals surface area contributed by atoms with Crippen LogP contribution in [-0.4, -0.2) is 35.2 Å². The van der Waals surface area contributed by atoms with Gasteiger partial charge in [-0.15, -0.1) is 0 Å². The van der Waals surface area contributed by atoms with E-state index in [1.54, 1.807) is 4.90 Å². The lowest BCUT2D eigenvalue weighted by Crippen LogP contribution is -2.47. The smallest absolute Gasteiger partial charge is 0.410 e. The Morgan fingerprint density at radius 2 is 1.76 bits per heavy atom. The first-order valence-electron chi connectivity index (χ1n) is 7.33. The molecule has 3 rings (SSSR count). The first-order chi connectivity index (χ1) is 10.1. The summed E-state index contributed by atoms with van der Waals surface area (Å²) in [5.74, 6) is -0.862. The Hall–Kier alpha value is -2.04. The molecule has 1 unspecified atom stereocenters. The zero-order valence-corrected chi connectivity index (χ0v) is 11.8. The number of amides is 1. The van der Waals surface area contributed by atoms with Gasteiger partial charge in [0.15, 0.2) is 0 Å². The number of fused-ring (bicyclic) bond motifs is 2. The van der Waals surface area contributed by atoms with E-state index in [0.29, 0.717) is 13.1 Å². The fourth-order valence-corrected chi connectivity index (χ4v) is 3.59. The fourth-order valence-electron chi connectivity index (χ4n) is 3.59. The molecule has 5 heteroatoms. The van der Waals surface area contributed by atoms with Crippen LogP contribution in [0.2, 0.25) is 0 Å². The van der Waals surface area contributed by atoms with E-state index < -0.39 is 5.97 Å². The summed E-state index contributed by atoms with van der Waals surface area (Å²) in [7, 11) is 0. The Kier molecular flexibility index (Phi) is 3.82. The van der Waals surface area contributed by atoms with Crippen LogP contribution in [0.5, 0.6) is 0 Å². The van der Waals surface area contributed by atoms with Crippen molar-refractivity contribution in [2.24, 2.45) is 17.8 Å². The zero-order chi connectivity index (χ0) is 14.8. The molecule has 3 atom stereocenters. The van der Waals surface area contributed by atoms with Gasteiger partial charge in [-0.2, -0.15) is 0 Å². The third-order valence-electron chi connectivity index (χ3n) is 4.58. The van der Waals surface area contributed by atoms with E-state index >= 15 is 0 Å². The predicted octanol–water partition coefficient (Wildman–Crippen LogP) is 2.37. The second-order valence-corrected chi connectivity index (χ2v) is 5.91. The maximum absolute atomic E-state index is 12.1. The highest BCUT2D eigenvalue weighted by atomic mass is 16.6. The standard InChI is InChI=1S/C16H19NO4/c18-15(19)14-12-6-7-13(14)9-17(8-12)16(20)21-10-11-4-2-1-3-5-11/h1-5,12-14H,6-10H2,(H,18,19)/t12-,13+,14?. The number of hydrogen-bond donors (Lipinski definition) is 1. The molecule has 1 aromatic carbocycles. The summed E-state index contributed by atoms with van der Waals surface area (Å²) < 4.78 is 5.33. The number of ether oxygens (including phenoxy) is 1. The summed E-state index contributed by atoms with van der Waals surface area (Å²) in [5, 5.41) is 9.26. The Morgan fingerprint density at radius 3 is 2.33 bits per heavy atom.